The average molecular weight is 393 g/mol. The fraction of sp³-hybridized carbons (Fsp3) is 0.474. The monoisotopic (exact) mass is 392 g/mol. The van der Waals surface area contributed by atoms with Gasteiger partial charge in [-0.25, -0.2) is 13.4 Å². The molecule has 0 radical (unpaired) electrons. The molecule has 1 fully saturated rings. The summed E-state index contributed by atoms with van der Waals surface area (Å²) in [6, 6.07) is 5.98. The fourth-order valence-electron chi connectivity index (χ4n) is 3.34. The van der Waals surface area contributed by atoms with Crippen molar-refractivity contribution in [3.05, 3.63) is 34.9 Å². The van der Waals surface area contributed by atoms with Crippen molar-refractivity contribution in [1.82, 2.24) is 10.3 Å². The number of sulfone groups is 1. The SMILES string of the molecule is Cc1cc(C)c2nc(S[C@H](C)C(=O)N[C@H]3CCS(=O)(=O)C3)cc(C)c2c1. The van der Waals surface area contributed by atoms with E-state index < -0.39 is 9.84 Å². The molecule has 3 rings (SSSR count). The van der Waals surface area contributed by atoms with Crippen molar-refractivity contribution in [2.24, 2.45) is 0 Å². The molecule has 1 N–H and O–H groups in total. The molecular formula is C19H24N2O3S2. The summed E-state index contributed by atoms with van der Waals surface area (Å²) in [5.41, 5.74) is 4.43. The smallest absolute Gasteiger partial charge is 0.233 e. The van der Waals surface area contributed by atoms with E-state index in [1.54, 1.807) is 0 Å². The van der Waals surface area contributed by atoms with E-state index in [9.17, 15) is 13.2 Å². The second-order valence-corrected chi connectivity index (χ2v) is 10.7. The van der Waals surface area contributed by atoms with Gasteiger partial charge in [-0.1, -0.05) is 23.4 Å². The molecular weight excluding hydrogens is 368 g/mol. The quantitative estimate of drug-likeness (QED) is 0.810. The van der Waals surface area contributed by atoms with Gasteiger partial charge in [-0.3, -0.25) is 4.79 Å². The second-order valence-electron chi connectivity index (χ2n) is 7.12. The van der Waals surface area contributed by atoms with Crippen LogP contribution in [0.3, 0.4) is 0 Å². The van der Waals surface area contributed by atoms with Gasteiger partial charge in [-0.2, -0.15) is 0 Å². The van der Waals surface area contributed by atoms with Crippen molar-refractivity contribution in [2.45, 2.75) is 50.4 Å². The van der Waals surface area contributed by atoms with Crippen LogP contribution in [0.4, 0.5) is 0 Å². The minimum Gasteiger partial charge on any atom is -0.351 e. The van der Waals surface area contributed by atoms with Gasteiger partial charge in [0.15, 0.2) is 9.84 Å². The third kappa shape index (κ3) is 4.20. The number of hydrogen-bond donors (Lipinski definition) is 1. The van der Waals surface area contributed by atoms with Crippen LogP contribution in [-0.2, 0) is 14.6 Å². The lowest BCUT2D eigenvalue weighted by atomic mass is 10.0. The van der Waals surface area contributed by atoms with E-state index >= 15 is 0 Å². The van der Waals surface area contributed by atoms with Crippen LogP contribution in [-0.4, -0.2) is 42.1 Å². The molecule has 26 heavy (non-hydrogen) atoms. The standard InChI is InChI=1S/C19H24N2O3S2/c1-11-7-13(3)18-16(8-11)12(2)9-17(21-18)25-14(4)19(22)20-15-5-6-26(23,24)10-15/h7-9,14-15H,5-6,10H2,1-4H3,(H,20,22)/t14-,15+/m1/s1. The summed E-state index contributed by atoms with van der Waals surface area (Å²) in [5.74, 6) is 0.0586. The number of pyridine rings is 1. The summed E-state index contributed by atoms with van der Waals surface area (Å²) < 4.78 is 23.1. The van der Waals surface area contributed by atoms with Gasteiger partial charge in [0.2, 0.25) is 5.91 Å². The Morgan fingerprint density at radius 2 is 1.96 bits per heavy atom. The number of aryl methyl sites for hydroxylation is 3. The van der Waals surface area contributed by atoms with Crippen LogP contribution in [0, 0.1) is 20.8 Å². The summed E-state index contributed by atoms with van der Waals surface area (Å²) in [4.78, 5) is 17.2. The molecule has 0 saturated carbocycles. The van der Waals surface area contributed by atoms with Crippen LogP contribution in [0.2, 0.25) is 0 Å². The predicted molar refractivity (Wildman–Crippen MR) is 106 cm³/mol. The molecule has 0 aliphatic carbocycles. The molecule has 2 aromatic rings. The molecule has 140 valence electrons. The van der Waals surface area contributed by atoms with E-state index in [1.807, 2.05) is 19.9 Å². The highest BCUT2D eigenvalue weighted by Crippen LogP contribution is 2.29. The van der Waals surface area contributed by atoms with Gasteiger partial charge < -0.3 is 5.32 Å². The fourth-order valence-corrected chi connectivity index (χ4v) is 5.94. The molecule has 0 unspecified atom stereocenters. The number of carbonyl (C=O) groups is 1. The van der Waals surface area contributed by atoms with E-state index in [4.69, 9.17) is 4.98 Å². The highest BCUT2D eigenvalue weighted by atomic mass is 32.2. The van der Waals surface area contributed by atoms with Gasteiger partial charge in [0.1, 0.15) is 0 Å². The minimum absolute atomic E-state index is 0.0437. The molecule has 2 heterocycles. The van der Waals surface area contributed by atoms with Crippen LogP contribution in [0.15, 0.2) is 23.2 Å². The predicted octanol–water partition coefficient (Wildman–Crippen LogP) is 2.94. The third-order valence-corrected chi connectivity index (χ3v) is 7.46. The number of aromatic nitrogens is 1. The highest BCUT2D eigenvalue weighted by Gasteiger charge is 2.30. The number of amides is 1. The number of nitrogens with one attached hydrogen (secondary N) is 1. The first-order chi connectivity index (χ1) is 12.1. The van der Waals surface area contributed by atoms with Gasteiger partial charge in [-0.05, 0) is 57.4 Å². The third-order valence-electron chi connectivity index (χ3n) is 4.68. The molecule has 0 spiro atoms. The van der Waals surface area contributed by atoms with Crippen molar-refractivity contribution in [2.75, 3.05) is 11.5 Å². The number of benzene rings is 1. The molecule has 1 aromatic heterocycles. The Bertz CT molecular complexity index is 970. The Morgan fingerprint density at radius 3 is 2.62 bits per heavy atom. The number of nitrogens with zero attached hydrogens (tertiary/aromatic N) is 1. The van der Waals surface area contributed by atoms with Crippen LogP contribution in [0.25, 0.3) is 10.9 Å². The topological polar surface area (TPSA) is 76.1 Å². The molecule has 2 atom stereocenters. The van der Waals surface area contributed by atoms with E-state index in [0.717, 1.165) is 27.1 Å². The highest BCUT2D eigenvalue weighted by molar-refractivity contribution is 8.00. The average Bonchev–Trinajstić information content (AvgIpc) is 2.87. The number of carbonyl (C=O) groups excluding carboxylic acids is 1. The summed E-state index contributed by atoms with van der Waals surface area (Å²) in [6.07, 6.45) is 0.497. The van der Waals surface area contributed by atoms with E-state index in [2.05, 4.69) is 31.3 Å². The van der Waals surface area contributed by atoms with E-state index in [0.29, 0.717) is 6.42 Å². The lowest BCUT2D eigenvalue weighted by Gasteiger charge is -2.16. The maximum Gasteiger partial charge on any atom is 0.233 e. The Labute approximate surface area is 158 Å². The van der Waals surface area contributed by atoms with Gasteiger partial charge >= 0.3 is 0 Å². The van der Waals surface area contributed by atoms with Crippen LogP contribution < -0.4 is 5.32 Å². The first-order valence-corrected chi connectivity index (χ1v) is 11.4. The largest absolute Gasteiger partial charge is 0.351 e. The molecule has 0 bridgehead atoms. The van der Waals surface area contributed by atoms with Crippen LogP contribution in [0.5, 0.6) is 0 Å². The molecule has 1 aliphatic heterocycles. The molecule has 1 aromatic carbocycles. The Hall–Kier alpha value is -1.60. The Kier molecular flexibility index (Phi) is 5.30. The number of rotatable bonds is 4. The van der Waals surface area contributed by atoms with Crippen molar-refractivity contribution < 1.29 is 13.2 Å². The first-order valence-electron chi connectivity index (χ1n) is 8.71. The first kappa shape index (κ1) is 19.2. The maximum atomic E-state index is 12.4. The van der Waals surface area contributed by atoms with Crippen molar-refractivity contribution in [3.63, 3.8) is 0 Å². The van der Waals surface area contributed by atoms with Crippen molar-refractivity contribution in [3.8, 4) is 0 Å². The normalized spacial score (nSPS) is 20.2. The maximum absolute atomic E-state index is 12.4. The molecule has 5 nitrogen and oxygen atoms in total. The zero-order valence-electron chi connectivity index (χ0n) is 15.5. The van der Waals surface area contributed by atoms with Crippen molar-refractivity contribution in [1.29, 1.82) is 0 Å². The van der Waals surface area contributed by atoms with E-state index in [-0.39, 0.29) is 28.7 Å². The van der Waals surface area contributed by atoms with Crippen LogP contribution in [0.1, 0.15) is 30.0 Å². The zero-order chi connectivity index (χ0) is 19.1. The second kappa shape index (κ2) is 7.19. The summed E-state index contributed by atoms with van der Waals surface area (Å²) in [5, 5.41) is 4.47. The van der Waals surface area contributed by atoms with Crippen molar-refractivity contribution >= 4 is 38.4 Å². The molecule has 1 aliphatic rings. The van der Waals surface area contributed by atoms with Gasteiger partial charge in [0, 0.05) is 11.4 Å². The number of thioether (sulfide) groups is 1. The lowest BCUT2D eigenvalue weighted by molar-refractivity contribution is -0.120. The Balaban J connectivity index is 1.75. The summed E-state index contributed by atoms with van der Waals surface area (Å²) >= 11 is 1.40. The zero-order valence-corrected chi connectivity index (χ0v) is 17.1. The summed E-state index contributed by atoms with van der Waals surface area (Å²) in [7, 11) is -3.00. The molecule has 1 amide bonds. The summed E-state index contributed by atoms with van der Waals surface area (Å²) in [6.45, 7) is 8.00. The van der Waals surface area contributed by atoms with Gasteiger partial charge in [0.25, 0.3) is 0 Å². The van der Waals surface area contributed by atoms with Crippen LogP contribution >= 0.6 is 11.8 Å². The number of hydrogen-bond acceptors (Lipinski definition) is 5. The van der Waals surface area contributed by atoms with Gasteiger partial charge in [-0.15, -0.1) is 0 Å². The van der Waals surface area contributed by atoms with Gasteiger partial charge in [0.05, 0.1) is 27.3 Å². The number of fused-ring (bicyclic) bond motifs is 1. The minimum atomic E-state index is -3.00. The Morgan fingerprint density at radius 1 is 1.23 bits per heavy atom. The molecule has 1 saturated heterocycles. The molecule has 7 heteroatoms. The lowest BCUT2D eigenvalue weighted by Crippen LogP contribution is -2.39. The van der Waals surface area contributed by atoms with E-state index in [1.165, 1.54) is 17.3 Å².